The molecule has 0 bridgehead atoms. The first-order chi connectivity index (χ1) is 13.0. The second kappa shape index (κ2) is 9.96. The summed E-state index contributed by atoms with van der Waals surface area (Å²) >= 11 is 0. The Hall–Kier alpha value is -3.35. The fourth-order valence-corrected chi connectivity index (χ4v) is 2.19. The van der Waals surface area contributed by atoms with Crippen LogP contribution in [0.15, 0.2) is 54.6 Å². The molecule has 27 heavy (non-hydrogen) atoms. The van der Waals surface area contributed by atoms with Crippen LogP contribution in [-0.2, 0) is 14.3 Å². The van der Waals surface area contributed by atoms with Crippen LogP contribution in [0.4, 0.5) is 5.69 Å². The Bertz CT molecular complexity index is 792. The summed E-state index contributed by atoms with van der Waals surface area (Å²) in [4.78, 5) is 35.7. The molecule has 0 spiro atoms. The standard InChI is InChI=1S/C20H22N2O5/c1-3-26-18(23)13-27-17-11-7-10-16(12-17)22-19(24)14(2)21-20(25)15-8-5-4-6-9-15/h4-12,14H,3,13H2,1-2H3,(H,21,25)(H,22,24). The number of carbonyl (C=O) groups is 3. The van der Waals surface area contributed by atoms with E-state index in [-0.39, 0.29) is 25.0 Å². The molecule has 7 heteroatoms. The maximum Gasteiger partial charge on any atom is 0.344 e. The van der Waals surface area contributed by atoms with Crippen LogP contribution in [0, 0.1) is 0 Å². The van der Waals surface area contributed by atoms with Gasteiger partial charge in [0.15, 0.2) is 6.61 Å². The van der Waals surface area contributed by atoms with Crippen molar-refractivity contribution < 1.29 is 23.9 Å². The monoisotopic (exact) mass is 370 g/mol. The van der Waals surface area contributed by atoms with E-state index in [4.69, 9.17) is 9.47 Å². The van der Waals surface area contributed by atoms with Crippen LogP contribution in [0.3, 0.4) is 0 Å². The first kappa shape index (κ1) is 20.0. The van der Waals surface area contributed by atoms with Crippen LogP contribution in [0.2, 0.25) is 0 Å². The number of esters is 1. The molecule has 0 heterocycles. The van der Waals surface area contributed by atoms with Gasteiger partial charge < -0.3 is 20.1 Å². The third kappa shape index (κ3) is 6.47. The lowest BCUT2D eigenvalue weighted by molar-refractivity contribution is -0.145. The first-order valence-corrected chi connectivity index (χ1v) is 8.55. The summed E-state index contributed by atoms with van der Waals surface area (Å²) < 4.78 is 10.1. The van der Waals surface area contributed by atoms with Gasteiger partial charge >= 0.3 is 5.97 Å². The SMILES string of the molecule is CCOC(=O)COc1cccc(NC(=O)C(C)NC(=O)c2ccccc2)c1. The second-order valence-electron chi connectivity index (χ2n) is 5.67. The minimum atomic E-state index is -0.734. The van der Waals surface area contributed by atoms with Gasteiger partial charge in [0, 0.05) is 17.3 Å². The lowest BCUT2D eigenvalue weighted by Crippen LogP contribution is -2.41. The van der Waals surface area contributed by atoms with Gasteiger partial charge in [-0.3, -0.25) is 9.59 Å². The van der Waals surface area contributed by atoms with E-state index in [0.29, 0.717) is 17.0 Å². The molecule has 0 aliphatic rings. The summed E-state index contributed by atoms with van der Waals surface area (Å²) in [5.74, 6) is -0.752. The molecule has 1 unspecified atom stereocenters. The summed E-state index contributed by atoms with van der Waals surface area (Å²) in [5, 5.41) is 5.34. The van der Waals surface area contributed by atoms with Gasteiger partial charge in [0.05, 0.1) is 6.61 Å². The molecular weight excluding hydrogens is 348 g/mol. The van der Waals surface area contributed by atoms with Crippen molar-refractivity contribution in [2.24, 2.45) is 0 Å². The highest BCUT2D eigenvalue weighted by Gasteiger charge is 2.17. The lowest BCUT2D eigenvalue weighted by Gasteiger charge is -2.15. The van der Waals surface area contributed by atoms with Crippen molar-refractivity contribution in [2.45, 2.75) is 19.9 Å². The van der Waals surface area contributed by atoms with Gasteiger partial charge in [-0.2, -0.15) is 0 Å². The maximum atomic E-state index is 12.3. The molecule has 1 atom stereocenters. The summed E-state index contributed by atoms with van der Waals surface area (Å²) in [6, 6.07) is 14.5. The zero-order chi connectivity index (χ0) is 19.6. The molecule has 2 amide bonds. The van der Waals surface area contributed by atoms with Crippen molar-refractivity contribution in [2.75, 3.05) is 18.5 Å². The maximum absolute atomic E-state index is 12.3. The van der Waals surface area contributed by atoms with Gasteiger partial charge in [-0.05, 0) is 38.1 Å². The van der Waals surface area contributed by atoms with Crippen LogP contribution >= 0.6 is 0 Å². The summed E-state index contributed by atoms with van der Waals surface area (Å²) in [5.41, 5.74) is 0.966. The summed E-state index contributed by atoms with van der Waals surface area (Å²) in [6.45, 7) is 3.38. The highest BCUT2D eigenvalue weighted by atomic mass is 16.6. The molecule has 2 aromatic carbocycles. The van der Waals surface area contributed by atoms with E-state index in [9.17, 15) is 14.4 Å². The number of hydrogen-bond acceptors (Lipinski definition) is 5. The van der Waals surface area contributed by atoms with E-state index < -0.39 is 12.0 Å². The third-order valence-electron chi connectivity index (χ3n) is 3.54. The fourth-order valence-electron chi connectivity index (χ4n) is 2.19. The van der Waals surface area contributed by atoms with Crippen LogP contribution in [-0.4, -0.2) is 37.0 Å². The minimum Gasteiger partial charge on any atom is -0.482 e. The summed E-state index contributed by atoms with van der Waals surface area (Å²) in [7, 11) is 0. The molecule has 0 aliphatic carbocycles. The van der Waals surface area contributed by atoms with E-state index in [1.807, 2.05) is 6.07 Å². The van der Waals surface area contributed by atoms with E-state index in [1.165, 1.54) is 0 Å². The number of anilines is 1. The molecule has 0 saturated heterocycles. The Balaban J connectivity index is 1.90. The largest absolute Gasteiger partial charge is 0.482 e. The molecule has 0 fully saturated rings. The van der Waals surface area contributed by atoms with Gasteiger partial charge in [0.2, 0.25) is 5.91 Å². The van der Waals surface area contributed by atoms with E-state index >= 15 is 0 Å². The first-order valence-electron chi connectivity index (χ1n) is 8.55. The van der Waals surface area contributed by atoms with Gasteiger partial charge in [0.1, 0.15) is 11.8 Å². The molecule has 0 radical (unpaired) electrons. The number of ether oxygens (including phenoxy) is 2. The average molecular weight is 370 g/mol. The Labute approximate surface area is 157 Å². The number of rotatable bonds is 8. The molecule has 2 N–H and O–H groups in total. The summed E-state index contributed by atoms with van der Waals surface area (Å²) in [6.07, 6.45) is 0. The Kier molecular flexibility index (Phi) is 7.37. The van der Waals surface area contributed by atoms with E-state index in [2.05, 4.69) is 10.6 Å². The fraction of sp³-hybridized carbons (Fsp3) is 0.250. The normalized spacial score (nSPS) is 11.2. The zero-order valence-electron chi connectivity index (χ0n) is 15.2. The van der Waals surface area contributed by atoms with Crippen molar-refractivity contribution in [3.8, 4) is 5.75 Å². The van der Waals surface area contributed by atoms with Crippen molar-refractivity contribution in [3.63, 3.8) is 0 Å². The minimum absolute atomic E-state index is 0.214. The smallest absolute Gasteiger partial charge is 0.344 e. The third-order valence-corrected chi connectivity index (χ3v) is 3.54. The van der Waals surface area contributed by atoms with Crippen molar-refractivity contribution in [3.05, 3.63) is 60.2 Å². The number of carbonyl (C=O) groups excluding carboxylic acids is 3. The second-order valence-corrected chi connectivity index (χ2v) is 5.67. The molecular formula is C20H22N2O5. The molecule has 2 aromatic rings. The van der Waals surface area contributed by atoms with Crippen LogP contribution < -0.4 is 15.4 Å². The Morgan fingerprint density at radius 1 is 1.04 bits per heavy atom. The zero-order valence-corrected chi connectivity index (χ0v) is 15.2. The topological polar surface area (TPSA) is 93.7 Å². The highest BCUT2D eigenvalue weighted by Crippen LogP contribution is 2.17. The van der Waals surface area contributed by atoms with Crippen molar-refractivity contribution in [1.82, 2.24) is 5.32 Å². The number of amides is 2. The van der Waals surface area contributed by atoms with Gasteiger partial charge in [-0.15, -0.1) is 0 Å². The molecule has 7 nitrogen and oxygen atoms in total. The van der Waals surface area contributed by atoms with Crippen molar-refractivity contribution >= 4 is 23.5 Å². The lowest BCUT2D eigenvalue weighted by atomic mass is 10.2. The molecule has 142 valence electrons. The van der Waals surface area contributed by atoms with Crippen molar-refractivity contribution in [1.29, 1.82) is 0 Å². The van der Waals surface area contributed by atoms with Crippen LogP contribution in [0.5, 0.6) is 5.75 Å². The Morgan fingerprint density at radius 2 is 1.78 bits per heavy atom. The van der Waals surface area contributed by atoms with Gasteiger partial charge in [-0.1, -0.05) is 24.3 Å². The molecule has 0 saturated carbocycles. The number of nitrogens with one attached hydrogen (secondary N) is 2. The molecule has 2 rings (SSSR count). The predicted octanol–water partition coefficient (Wildman–Crippen LogP) is 2.39. The number of benzene rings is 2. The van der Waals surface area contributed by atoms with E-state index in [1.54, 1.807) is 62.4 Å². The quantitative estimate of drug-likeness (QED) is 0.696. The van der Waals surface area contributed by atoms with E-state index in [0.717, 1.165) is 0 Å². The number of hydrogen-bond donors (Lipinski definition) is 2. The molecule has 0 aromatic heterocycles. The average Bonchev–Trinajstić information content (AvgIpc) is 2.67. The predicted molar refractivity (Wildman–Crippen MR) is 101 cm³/mol. The van der Waals surface area contributed by atoms with Gasteiger partial charge in [-0.25, -0.2) is 4.79 Å². The highest BCUT2D eigenvalue weighted by molar-refractivity contribution is 6.01. The van der Waals surface area contributed by atoms with Crippen LogP contribution in [0.25, 0.3) is 0 Å². The molecule has 0 aliphatic heterocycles. The Morgan fingerprint density at radius 3 is 2.48 bits per heavy atom. The van der Waals surface area contributed by atoms with Gasteiger partial charge in [0.25, 0.3) is 5.91 Å². The van der Waals surface area contributed by atoms with Crippen LogP contribution in [0.1, 0.15) is 24.2 Å².